The van der Waals surface area contributed by atoms with E-state index in [2.05, 4.69) is 10.3 Å². The molecule has 0 spiro atoms. The minimum Gasteiger partial charge on any atom is -0.329 e. The van der Waals surface area contributed by atoms with Gasteiger partial charge in [-0.2, -0.15) is 0 Å². The zero-order chi connectivity index (χ0) is 12.5. The minimum atomic E-state index is -2.74. The zero-order valence-corrected chi connectivity index (χ0v) is 9.30. The van der Waals surface area contributed by atoms with Crippen LogP contribution in [0.15, 0.2) is 17.1 Å². The molecule has 2 rings (SSSR count). The molecule has 0 bridgehead atoms. The zero-order valence-electron chi connectivity index (χ0n) is 9.30. The molecular formula is C11H15F2N3O. The monoisotopic (exact) mass is 243 g/mol. The molecule has 1 aliphatic rings. The summed E-state index contributed by atoms with van der Waals surface area (Å²) in [6, 6.07) is 1.48. The Morgan fingerprint density at radius 2 is 2.29 bits per heavy atom. The molecule has 1 saturated heterocycles. The molecule has 1 unspecified atom stereocenters. The Hall–Kier alpha value is -1.27. The fourth-order valence-electron chi connectivity index (χ4n) is 2.09. The third kappa shape index (κ3) is 2.37. The summed E-state index contributed by atoms with van der Waals surface area (Å²) in [5.74, 6) is -3.64. The van der Waals surface area contributed by atoms with Gasteiger partial charge in [-0.15, -0.1) is 0 Å². The number of hydrogen-bond acceptors (Lipinski definition) is 3. The second kappa shape index (κ2) is 4.54. The van der Waals surface area contributed by atoms with E-state index in [9.17, 15) is 13.6 Å². The number of alkyl halides is 2. The highest BCUT2D eigenvalue weighted by molar-refractivity contribution is 5.25. The van der Waals surface area contributed by atoms with Gasteiger partial charge in [-0.25, -0.2) is 8.78 Å². The first-order chi connectivity index (χ1) is 8.04. The van der Waals surface area contributed by atoms with E-state index in [1.165, 1.54) is 12.3 Å². The Morgan fingerprint density at radius 1 is 1.53 bits per heavy atom. The van der Waals surface area contributed by atoms with Gasteiger partial charge in [0.1, 0.15) is 0 Å². The lowest BCUT2D eigenvalue weighted by molar-refractivity contribution is -0.0480. The van der Waals surface area contributed by atoms with Crippen molar-refractivity contribution < 1.29 is 8.78 Å². The van der Waals surface area contributed by atoms with Crippen molar-refractivity contribution in [3.05, 3.63) is 33.7 Å². The molecule has 17 heavy (non-hydrogen) atoms. The van der Waals surface area contributed by atoms with E-state index in [-0.39, 0.29) is 25.1 Å². The van der Waals surface area contributed by atoms with Gasteiger partial charge in [-0.3, -0.25) is 4.79 Å². The van der Waals surface area contributed by atoms with Crippen LogP contribution in [-0.4, -0.2) is 24.0 Å². The van der Waals surface area contributed by atoms with E-state index >= 15 is 0 Å². The molecule has 0 aromatic carbocycles. The van der Waals surface area contributed by atoms with Crippen LogP contribution in [0.25, 0.3) is 0 Å². The summed E-state index contributed by atoms with van der Waals surface area (Å²) in [6.45, 7) is 0.578. The number of nitrogens with one attached hydrogen (secondary N) is 2. The summed E-state index contributed by atoms with van der Waals surface area (Å²) in [5, 5.41) is 2.94. The van der Waals surface area contributed by atoms with Gasteiger partial charge in [-0.05, 0) is 11.6 Å². The number of nitrogens with two attached hydrogens (primary N) is 1. The summed E-state index contributed by atoms with van der Waals surface area (Å²) >= 11 is 0. The fourth-order valence-corrected chi connectivity index (χ4v) is 2.09. The molecule has 0 radical (unpaired) electrons. The highest BCUT2D eigenvalue weighted by Gasteiger charge is 2.42. The van der Waals surface area contributed by atoms with Crippen LogP contribution >= 0.6 is 0 Å². The van der Waals surface area contributed by atoms with E-state index in [1.807, 2.05) is 0 Å². The molecule has 94 valence electrons. The fraction of sp³-hybridized carbons (Fsp3) is 0.545. The van der Waals surface area contributed by atoms with Crippen molar-refractivity contribution in [1.29, 1.82) is 0 Å². The summed E-state index contributed by atoms with van der Waals surface area (Å²) in [4.78, 5) is 13.8. The molecule has 0 amide bonds. The van der Waals surface area contributed by atoms with Crippen molar-refractivity contribution in [3.63, 3.8) is 0 Å². The van der Waals surface area contributed by atoms with Gasteiger partial charge in [-0.1, -0.05) is 0 Å². The first kappa shape index (κ1) is 12.2. The van der Waals surface area contributed by atoms with E-state index in [4.69, 9.17) is 5.73 Å². The van der Waals surface area contributed by atoms with Crippen molar-refractivity contribution in [2.24, 2.45) is 5.73 Å². The molecule has 6 heteroatoms. The van der Waals surface area contributed by atoms with Gasteiger partial charge >= 0.3 is 0 Å². The first-order valence-corrected chi connectivity index (χ1v) is 5.54. The molecule has 2 heterocycles. The predicted molar refractivity (Wildman–Crippen MR) is 60.1 cm³/mol. The number of aromatic nitrogens is 1. The van der Waals surface area contributed by atoms with Crippen LogP contribution in [0.3, 0.4) is 0 Å². The highest BCUT2D eigenvalue weighted by atomic mass is 19.3. The molecular weight excluding hydrogens is 228 g/mol. The lowest BCUT2D eigenvalue weighted by atomic mass is 9.88. The van der Waals surface area contributed by atoms with Crippen LogP contribution in [0, 0.1) is 0 Å². The van der Waals surface area contributed by atoms with E-state index in [0.29, 0.717) is 17.7 Å². The normalized spacial score (nSPS) is 23.6. The van der Waals surface area contributed by atoms with E-state index < -0.39 is 11.8 Å². The van der Waals surface area contributed by atoms with Crippen molar-refractivity contribution in [1.82, 2.24) is 10.3 Å². The maximum absolute atomic E-state index is 13.7. The first-order valence-electron chi connectivity index (χ1n) is 5.54. The minimum absolute atomic E-state index is 0.0505. The molecule has 4 nitrogen and oxygen atoms in total. The van der Waals surface area contributed by atoms with Crippen molar-refractivity contribution in [2.75, 3.05) is 13.1 Å². The molecule has 0 aliphatic carbocycles. The van der Waals surface area contributed by atoms with Crippen LogP contribution in [0.2, 0.25) is 0 Å². The van der Waals surface area contributed by atoms with E-state index in [0.717, 1.165) is 0 Å². The number of H-pyrrole nitrogens is 1. The lowest BCUT2D eigenvalue weighted by Crippen LogP contribution is -2.43. The van der Waals surface area contributed by atoms with Crippen LogP contribution < -0.4 is 16.6 Å². The number of piperidine rings is 1. The summed E-state index contributed by atoms with van der Waals surface area (Å²) in [6.07, 6.45) is 1.17. The Labute approximate surface area is 97.2 Å². The topological polar surface area (TPSA) is 70.9 Å². The van der Waals surface area contributed by atoms with Gasteiger partial charge in [0.05, 0.1) is 5.92 Å². The van der Waals surface area contributed by atoms with Gasteiger partial charge < -0.3 is 16.0 Å². The highest BCUT2D eigenvalue weighted by Crippen LogP contribution is 2.37. The van der Waals surface area contributed by atoms with Gasteiger partial charge in [0.15, 0.2) is 0 Å². The van der Waals surface area contributed by atoms with Crippen LogP contribution in [0.1, 0.15) is 23.5 Å². The SMILES string of the molecule is NCc1cc(C2CNCCC2(F)F)c[nH]c1=O. The number of halogens is 2. The lowest BCUT2D eigenvalue weighted by Gasteiger charge is -2.32. The van der Waals surface area contributed by atoms with Crippen molar-refractivity contribution >= 4 is 0 Å². The van der Waals surface area contributed by atoms with Gasteiger partial charge in [0.25, 0.3) is 11.5 Å². The third-order valence-corrected chi connectivity index (χ3v) is 3.12. The van der Waals surface area contributed by atoms with Crippen molar-refractivity contribution in [2.45, 2.75) is 24.8 Å². The Bertz CT molecular complexity index is 458. The number of rotatable bonds is 2. The summed E-state index contributed by atoms with van der Waals surface area (Å²) in [7, 11) is 0. The van der Waals surface area contributed by atoms with E-state index in [1.54, 1.807) is 0 Å². The van der Waals surface area contributed by atoms with Crippen LogP contribution in [0.4, 0.5) is 8.78 Å². The van der Waals surface area contributed by atoms with Gasteiger partial charge in [0, 0.05) is 37.8 Å². The molecule has 1 fully saturated rings. The summed E-state index contributed by atoms with van der Waals surface area (Å²) < 4.78 is 27.5. The maximum atomic E-state index is 13.7. The second-order valence-electron chi connectivity index (χ2n) is 4.26. The molecule has 1 aliphatic heterocycles. The number of hydrogen-bond donors (Lipinski definition) is 3. The Morgan fingerprint density at radius 3 is 2.94 bits per heavy atom. The standard InChI is InChI=1S/C11H15F2N3O/c12-11(13)1-2-15-6-9(11)8-3-7(4-14)10(17)16-5-8/h3,5,9,15H,1-2,4,6,14H2,(H,16,17). The predicted octanol–water partition coefficient (Wildman–Crippen LogP) is 0.546. The third-order valence-electron chi connectivity index (χ3n) is 3.12. The number of aromatic amines is 1. The van der Waals surface area contributed by atoms with Crippen molar-refractivity contribution in [3.8, 4) is 0 Å². The average molecular weight is 243 g/mol. The molecule has 4 N–H and O–H groups in total. The molecule has 0 saturated carbocycles. The Kier molecular flexibility index (Phi) is 3.26. The smallest absolute Gasteiger partial charge is 0.257 e. The van der Waals surface area contributed by atoms with Gasteiger partial charge in [0.2, 0.25) is 0 Å². The molecule has 1 atom stereocenters. The average Bonchev–Trinajstić information content (AvgIpc) is 2.30. The largest absolute Gasteiger partial charge is 0.329 e. The number of pyridine rings is 1. The maximum Gasteiger partial charge on any atom is 0.257 e. The van der Waals surface area contributed by atoms with Crippen LogP contribution in [-0.2, 0) is 6.54 Å². The quantitative estimate of drug-likeness (QED) is 0.710. The summed E-state index contributed by atoms with van der Waals surface area (Å²) in [5.41, 5.74) is 5.85. The molecule has 1 aromatic rings. The molecule has 1 aromatic heterocycles. The Balaban J connectivity index is 2.36. The second-order valence-corrected chi connectivity index (χ2v) is 4.26. The van der Waals surface area contributed by atoms with Crippen LogP contribution in [0.5, 0.6) is 0 Å².